The lowest BCUT2D eigenvalue weighted by atomic mass is 10.2. The first-order chi connectivity index (χ1) is 7.25. The van der Waals surface area contributed by atoms with E-state index < -0.39 is 0 Å². The van der Waals surface area contributed by atoms with Gasteiger partial charge in [-0.1, -0.05) is 11.6 Å². The van der Waals surface area contributed by atoms with Crippen molar-refractivity contribution in [2.45, 2.75) is 19.5 Å². The first kappa shape index (κ1) is 10.9. The zero-order chi connectivity index (χ0) is 10.7. The highest BCUT2D eigenvalue weighted by atomic mass is 35.5. The topological polar surface area (TPSA) is 28.2 Å². The van der Waals surface area contributed by atoms with Crippen LogP contribution in [-0.2, 0) is 6.54 Å². The number of hydrogen-bond donors (Lipinski definition) is 1. The molecule has 0 unspecified atom stereocenters. The molecule has 1 aromatic rings. The molecule has 1 N–H and O–H groups in total. The maximum atomic E-state index is 5.86. The Balaban J connectivity index is 2.01. The summed E-state index contributed by atoms with van der Waals surface area (Å²) in [5, 5.41) is 3.96. The Bertz CT molecular complexity index is 329. The molecule has 1 fully saturated rings. The van der Waals surface area contributed by atoms with Crippen LogP contribution in [0.3, 0.4) is 0 Å². The normalized spacial score (nSPS) is 22.9. The largest absolute Gasteiger partial charge is 0.314 e. The number of piperazine rings is 1. The van der Waals surface area contributed by atoms with Crippen molar-refractivity contribution in [3.63, 3.8) is 0 Å². The molecule has 1 aliphatic rings. The van der Waals surface area contributed by atoms with Gasteiger partial charge in [0.15, 0.2) is 0 Å². The number of halogens is 1. The predicted molar refractivity (Wildman–Crippen MR) is 62.0 cm³/mol. The number of hydrogen-bond acceptors (Lipinski definition) is 3. The molecule has 1 aliphatic heterocycles. The van der Waals surface area contributed by atoms with E-state index in [2.05, 4.69) is 22.1 Å². The van der Waals surface area contributed by atoms with Gasteiger partial charge in [0.25, 0.3) is 0 Å². The van der Waals surface area contributed by atoms with Gasteiger partial charge in [0.05, 0.1) is 0 Å². The van der Waals surface area contributed by atoms with Gasteiger partial charge in [0.1, 0.15) is 5.15 Å². The Hall–Kier alpha value is -0.640. The second kappa shape index (κ2) is 4.92. The third-order valence-corrected chi connectivity index (χ3v) is 3.02. The van der Waals surface area contributed by atoms with Crippen LogP contribution in [-0.4, -0.2) is 35.6 Å². The number of pyridine rings is 1. The Morgan fingerprint density at radius 3 is 3.27 bits per heavy atom. The van der Waals surface area contributed by atoms with Crippen LogP contribution < -0.4 is 5.32 Å². The zero-order valence-electron chi connectivity index (χ0n) is 8.91. The lowest BCUT2D eigenvalue weighted by Gasteiger charge is -2.33. The molecule has 0 saturated carbocycles. The van der Waals surface area contributed by atoms with Crippen molar-refractivity contribution in [2.75, 3.05) is 19.6 Å². The van der Waals surface area contributed by atoms with E-state index in [1.54, 1.807) is 6.20 Å². The third kappa shape index (κ3) is 2.91. The Morgan fingerprint density at radius 1 is 1.67 bits per heavy atom. The summed E-state index contributed by atoms with van der Waals surface area (Å²) in [6, 6.07) is 4.56. The van der Waals surface area contributed by atoms with Crippen LogP contribution in [0.25, 0.3) is 0 Å². The maximum absolute atomic E-state index is 5.86. The van der Waals surface area contributed by atoms with E-state index in [1.165, 1.54) is 5.56 Å². The predicted octanol–water partition coefficient (Wildman–Crippen LogP) is 1.53. The van der Waals surface area contributed by atoms with Crippen LogP contribution in [0.5, 0.6) is 0 Å². The van der Waals surface area contributed by atoms with E-state index in [0.717, 1.165) is 26.2 Å². The van der Waals surface area contributed by atoms with Crippen molar-refractivity contribution in [1.29, 1.82) is 0 Å². The molecule has 1 saturated heterocycles. The average molecular weight is 226 g/mol. The van der Waals surface area contributed by atoms with Crippen molar-refractivity contribution >= 4 is 11.6 Å². The average Bonchev–Trinajstić information content (AvgIpc) is 2.22. The fourth-order valence-electron chi connectivity index (χ4n) is 1.89. The Kier molecular flexibility index (Phi) is 3.57. The van der Waals surface area contributed by atoms with E-state index in [1.807, 2.05) is 12.1 Å². The monoisotopic (exact) mass is 225 g/mol. The van der Waals surface area contributed by atoms with Gasteiger partial charge in [-0.15, -0.1) is 0 Å². The standard InChI is InChI=1S/C11H16ClN3/c1-9-7-13-4-5-15(9)8-10-2-3-14-11(12)6-10/h2-3,6,9,13H,4-5,7-8H2,1H3/t9-/m0/s1. The maximum Gasteiger partial charge on any atom is 0.129 e. The van der Waals surface area contributed by atoms with E-state index in [0.29, 0.717) is 11.2 Å². The van der Waals surface area contributed by atoms with E-state index in [4.69, 9.17) is 11.6 Å². The molecular weight excluding hydrogens is 210 g/mol. The third-order valence-electron chi connectivity index (χ3n) is 2.82. The molecule has 0 radical (unpaired) electrons. The molecule has 3 nitrogen and oxygen atoms in total. The molecule has 2 rings (SSSR count). The summed E-state index contributed by atoms with van der Waals surface area (Å²) < 4.78 is 0. The van der Waals surface area contributed by atoms with Gasteiger partial charge in [-0.2, -0.15) is 0 Å². The van der Waals surface area contributed by atoms with Gasteiger partial charge in [-0.25, -0.2) is 4.98 Å². The number of rotatable bonds is 2. The summed E-state index contributed by atoms with van der Waals surface area (Å²) in [6.07, 6.45) is 1.77. The fraction of sp³-hybridized carbons (Fsp3) is 0.545. The van der Waals surface area contributed by atoms with Crippen LogP contribution in [0.4, 0.5) is 0 Å². The van der Waals surface area contributed by atoms with Crippen molar-refractivity contribution in [2.24, 2.45) is 0 Å². The smallest absolute Gasteiger partial charge is 0.129 e. The summed E-state index contributed by atoms with van der Waals surface area (Å²) >= 11 is 5.86. The molecule has 1 aromatic heterocycles. The summed E-state index contributed by atoms with van der Waals surface area (Å²) in [7, 11) is 0. The van der Waals surface area contributed by atoms with Crippen LogP contribution in [0.1, 0.15) is 12.5 Å². The molecule has 0 aromatic carbocycles. The van der Waals surface area contributed by atoms with Gasteiger partial charge >= 0.3 is 0 Å². The number of nitrogens with one attached hydrogen (secondary N) is 1. The second-order valence-corrected chi connectivity index (χ2v) is 4.40. The fourth-order valence-corrected chi connectivity index (χ4v) is 2.09. The summed E-state index contributed by atoms with van der Waals surface area (Å²) in [4.78, 5) is 6.45. The van der Waals surface area contributed by atoms with E-state index in [-0.39, 0.29) is 0 Å². The molecule has 0 aliphatic carbocycles. The zero-order valence-corrected chi connectivity index (χ0v) is 9.67. The number of aromatic nitrogens is 1. The number of nitrogens with zero attached hydrogens (tertiary/aromatic N) is 2. The molecule has 1 atom stereocenters. The highest BCUT2D eigenvalue weighted by Crippen LogP contribution is 2.12. The molecule has 0 bridgehead atoms. The van der Waals surface area contributed by atoms with Gasteiger partial charge in [-0.05, 0) is 24.6 Å². The molecular formula is C11H16ClN3. The highest BCUT2D eigenvalue weighted by molar-refractivity contribution is 6.29. The van der Waals surface area contributed by atoms with Crippen LogP contribution in [0.2, 0.25) is 5.15 Å². The van der Waals surface area contributed by atoms with Crippen molar-refractivity contribution in [1.82, 2.24) is 15.2 Å². The van der Waals surface area contributed by atoms with Crippen LogP contribution >= 0.6 is 11.6 Å². The minimum absolute atomic E-state index is 0.579. The molecule has 4 heteroatoms. The molecule has 0 amide bonds. The highest BCUT2D eigenvalue weighted by Gasteiger charge is 2.17. The van der Waals surface area contributed by atoms with Gasteiger partial charge in [0.2, 0.25) is 0 Å². The molecule has 2 heterocycles. The lowest BCUT2D eigenvalue weighted by molar-refractivity contribution is 0.165. The van der Waals surface area contributed by atoms with Crippen molar-refractivity contribution in [3.8, 4) is 0 Å². The second-order valence-electron chi connectivity index (χ2n) is 4.01. The lowest BCUT2D eigenvalue weighted by Crippen LogP contribution is -2.49. The van der Waals surface area contributed by atoms with Gasteiger partial charge < -0.3 is 5.32 Å². The molecule has 82 valence electrons. The first-order valence-electron chi connectivity index (χ1n) is 5.31. The molecule has 15 heavy (non-hydrogen) atoms. The minimum Gasteiger partial charge on any atom is -0.314 e. The van der Waals surface area contributed by atoms with Crippen molar-refractivity contribution < 1.29 is 0 Å². The van der Waals surface area contributed by atoms with Gasteiger partial charge in [-0.3, -0.25) is 4.90 Å². The minimum atomic E-state index is 0.579. The Labute approximate surface area is 95.4 Å². The summed E-state index contributed by atoms with van der Waals surface area (Å²) in [5.74, 6) is 0. The molecule has 0 spiro atoms. The van der Waals surface area contributed by atoms with Gasteiger partial charge in [0, 0.05) is 38.4 Å². The Morgan fingerprint density at radius 2 is 2.53 bits per heavy atom. The quantitative estimate of drug-likeness (QED) is 0.774. The summed E-state index contributed by atoms with van der Waals surface area (Å²) in [6.45, 7) is 6.45. The van der Waals surface area contributed by atoms with Crippen LogP contribution in [0, 0.1) is 0 Å². The van der Waals surface area contributed by atoms with Crippen LogP contribution in [0.15, 0.2) is 18.3 Å². The van der Waals surface area contributed by atoms with Crippen molar-refractivity contribution in [3.05, 3.63) is 29.0 Å². The SMILES string of the molecule is C[C@H]1CNCCN1Cc1ccnc(Cl)c1. The van der Waals surface area contributed by atoms with E-state index in [9.17, 15) is 0 Å². The van der Waals surface area contributed by atoms with E-state index >= 15 is 0 Å². The first-order valence-corrected chi connectivity index (χ1v) is 5.69. The summed E-state index contributed by atoms with van der Waals surface area (Å²) in [5.41, 5.74) is 1.24.